The van der Waals surface area contributed by atoms with Gasteiger partial charge in [0.1, 0.15) is 5.75 Å². The normalized spacial score (nSPS) is 26.5. The summed E-state index contributed by atoms with van der Waals surface area (Å²) >= 11 is 0. The lowest BCUT2D eigenvalue weighted by atomic mass is 10.1. The summed E-state index contributed by atoms with van der Waals surface area (Å²) in [5.41, 5.74) is 0.705. The van der Waals surface area contributed by atoms with Crippen molar-refractivity contribution in [2.24, 2.45) is 0 Å². The molecule has 120 valence electrons. The van der Waals surface area contributed by atoms with Crippen molar-refractivity contribution in [1.29, 1.82) is 0 Å². The summed E-state index contributed by atoms with van der Waals surface area (Å²) in [6.45, 7) is 8.78. The van der Waals surface area contributed by atoms with E-state index >= 15 is 0 Å². The Kier molecular flexibility index (Phi) is 4.80. The van der Waals surface area contributed by atoms with Crippen LogP contribution in [0.25, 0.3) is 0 Å². The Morgan fingerprint density at radius 3 is 2.73 bits per heavy atom. The second-order valence-corrected chi connectivity index (χ2v) is 5.75. The van der Waals surface area contributed by atoms with Crippen LogP contribution in [0.15, 0.2) is 24.3 Å². The molecule has 0 aromatic heterocycles. The Balaban J connectivity index is 1.50. The zero-order valence-electron chi connectivity index (χ0n) is 13.0. The molecule has 6 heteroatoms. The van der Waals surface area contributed by atoms with E-state index < -0.39 is 0 Å². The van der Waals surface area contributed by atoms with Crippen molar-refractivity contribution >= 4 is 11.7 Å². The fourth-order valence-electron chi connectivity index (χ4n) is 3.15. The first-order chi connectivity index (χ1) is 10.8. The second kappa shape index (κ2) is 6.98. The largest absolute Gasteiger partial charge is 0.492 e. The minimum atomic E-state index is -0.176. The molecule has 3 saturated heterocycles. The van der Waals surface area contributed by atoms with Gasteiger partial charge < -0.3 is 15.4 Å². The maximum absolute atomic E-state index is 12.1. The molecule has 3 fully saturated rings. The maximum Gasteiger partial charge on any atom is 0.319 e. The number of benzene rings is 1. The topological polar surface area (TPSA) is 56.8 Å². The van der Waals surface area contributed by atoms with Crippen LogP contribution in [0.1, 0.15) is 6.92 Å². The van der Waals surface area contributed by atoms with Gasteiger partial charge in [0, 0.05) is 45.3 Å². The fourth-order valence-corrected chi connectivity index (χ4v) is 3.15. The van der Waals surface area contributed by atoms with Gasteiger partial charge in [-0.3, -0.25) is 9.80 Å². The molecule has 2 amide bonds. The third-order valence-corrected chi connectivity index (χ3v) is 4.33. The van der Waals surface area contributed by atoms with E-state index in [2.05, 4.69) is 20.4 Å². The van der Waals surface area contributed by atoms with Crippen molar-refractivity contribution in [3.05, 3.63) is 24.3 Å². The maximum atomic E-state index is 12.1. The Morgan fingerprint density at radius 1 is 1.27 bits per heavy atom. The van der Waals surface area contributed by atoms with E-state index in [4.69, 9.17) is 4.74 Å². The number of nitrogens with one attached hydrogen (secondary N) is 2. The van der Waals surface area contributed by atoms with Gasteiger partial charge in [0.05, 0.1) is 12.3 Å². The fraction of sp³-hybridized carbons (Fsp3) is 0.562. The summed E-state index contributed by atoms with van der Waals surface area (Å²) in [5.74, 6) is 0.701. The molecule has 1 atom stereocenters. The first-order valence-electron chi connectivity index (χ1n) is 7.99. The molecule has 0 spiro atoms. The van der Waals surface area contributed by atoms with Crippen LogP contribution in [0.2, 0.25) is 0 Å². The van der Waals surface area contributed by atoms with E-state index in [1.165, 1.54) is 0 Å². The molecular formula is C16H24N4O2. The minimum absolute atomic E-state index is 0.176. The zero-order chi connectivity index (χ0) is 15.4. The first kappa shape index (κ1) is 15.1. The summed E-state index contributed by atoms with van der Waals surface area (Å²) in [5, 5.41) is 5.85. The third-order valence-electron chi connectivity index (χ3n) is 4.33. The highest BCUT2D eigenvalue weighted by atomic mass is 16.5. The molecule has 2 bridgehead atoms. The van der Waals surface area contributed by atoms with Gasteiger partial charge in [-0.2, -0.15) is 0 Å². The Bertz CT molecular complexity index is 515. The van der Waals surface area contributed by atoms with Crippen LogP contribution < -0.4 is 15.4 Å². The number of para-hydroxylation sites is 2. The van der Waals surface area contributed by atoms with Crippen molar-refractivity contribution in [3.63, 3.8) is 0 Å². The Labute approximate surface area is 131 Å². The lowest BCUT2D eigenvalue weighted by Crippen LogP contribution is -2.63. The van der Waals surface area contributed by atoms with Gasteiger partial charge in [-0.1, -0.05) is 12.1 Å². The van der Waals surface area contributed by atoms with Gasteiger partial charge in [0.15, 0.2) is 0 Å². The van der Waals surface area contributed by atoms with Gasteiger partial charge in [0.2, 0.25) is 0 Å². The van der Waals surface area contributed by atoms with Crippen molar-refractivity contribution < 1.29 is 9.53 Å². The summed E-state index contributed by atoms with van der Waals surface area (Å²) in [6.07, 6.45) is 0. The van der Waals surface area contributed by atoms with Crippen LogP contribution in [0.4, 0.5) is 10.5 Å². The number of hydrogen-bond acceptors (Lipinski definition) is 4. The van der Waals surface area contributed by atoms with Crippen LogP contribution >= 0.6 is 0 Å². The Hall–Kier alpha value is -1.79. The minimum Gasteiger partial charge on any atom is -0.492 e. The summed E-state index contributed by atoms with van der Waals surface area (Å²) < 4.78 is 5.52. The van der Waals surface area contributed by atoms with Crippen LogP contribution in [-0.2, 0) is 0 Å². The van der Waals surface area contributed by atoms with Crippen LogP contribution in [0.5, 0.6) is 5.75 Å². The van der Waals surface area contributed by atoms with Crippen molar-refractivity contribution in [1.82, 2.24) is 15.1 Å². The number of urea groups is 1. The number of carbonyl (C=O) groups is 1. The van der Waals surface area contributed by atoms with E-state index in [-0.39, 0.29) is 6.03 Å². The van der Waals surface area contributed by atoms with Gasteiger partial charge in [0.25, 0.3) is 0 Å². The number of carbonyl (C=O) groups excluding carboxylic acids is 1. The number of hydrogen-bond donors (Lipinski definition) is 2. The molecule has 3 heterocycles. The quantitative estimate of drug-likeness (QED) is 0.858. The van der Waals surface area contributed by atoms with Gasteiger partial charge in [-0.25, -0.2) is 4.79 Å². The van der Waals surface area contributed by atoms with Gasteiger partial charge >= 0.3 is 6.03 Å². The number of rotatable bonds is 5. The smallest absolute Gasteiger partial charge is 0.319 e. The first-order valence-corrected chi connectivity index (χ1v) is 7.99. The predicted octanol–water partition coefficient (Wildman–Crippen LogP) is 1.21. The molecule has 1 aromatic carbocycles. The molecule has 0 saturated carbocycles. The molecule has 2 N–H and O–H groups in total. The van der Waals surface area contributed by atoms with Crippen LogP contribution in [0, 0.1) is 0 Å². The van der Waals surface area contributed by atoms with E-state index in [1.54, 1.807) is 0 Å². The molecule has 1 unspecified atom stereocenters. The summed E-state index contributed by atoms with van der Waals surface area (Å²) in [6, 6.07) is 7.74. The van der Waals surface area contributed by atoms with Gasteiger partial charge in [-0.15, -0.1) is 0 Å². The number of piperazine rings is 3. The van der Waals surface area contributed by atoms with E-state index in [0.29, 0.717) is 30.6 Å². The molecule has 3 aliphatic heterocycles. The Morgan fingerprint density at radius 2 is 2.05 bits per heavy atom. The third kappa shape index (κ3) is 3.51. The van der Waals surface area contributed by atoms with E-state index in [0.717, 1.165) is 32.7 Å². The number of nitrogens with zero attached hydrogens (tertiary/aromatic N) is 2. The highest BCUT2D eigenvalue weighted by molar-refractivity contribution is 5.90. The molecule has 6 nitrogen and oxygen atoms in total. The summed E-state index contributed by atoms with van der Waals surface area (Å²) in [7, 11) is 0. The standard InChI is InChI=1S/C16H24N4O2/c1-2-22-15-6-4-3-5-14(15)18-16(21)17-11-13-12-19-7-9-20(13)10-8-19/h3-6,13H,2,7-12H2,1H3,(H2,17,18,21). The van der Waals surface area contributed by atoms with Crippen LogP contribution in [-0.4, -0.2) is 67.7 Å². The van der Waals surface area contributed by atoms with Crippen molar-refractivity contribution in [2.45, 2.75) is 13.0 Å². The average molecular weight is 304 g/mol. The molecule has 22 heavy (non-hydrogen) atoms. The number of fused-ring (bicyclic) bond motifs is 3. The van der Waals surface area contributed by atoms with E-state index in [9.17, 15) is 4.79 Å². The number of anilines is 1. The molecule has 0 aliphatic carbocycles. The molecule has 3 aliphatic rings. The lowest BCUT2D eigenvalue weighted by molar-refractivity contribution is 0.0149. The number of ether oxygens (including phenoxy) is 1. The molecule has 1 aromatic rings. The average Bonchev–Trinajstić information content (AvgIpc) is 2.56. The zero-order valence-corrected chi connectivity index (χ0v) is 13.0. The predicted molar refractivity (Wildman–Crippen MR) is 86.4 cm³/mol. The monoisotopic (exact) mass is 304 g/mol. The second-order valence-electron chi connectivity index (χ2n) is 5.75. The summed E-state index contributed by atoms with van der Waals surface area (Å²) in [4.78, 5) is 17.0. The van der Waals surface area contributed by atoms with E-state index in [1.807, 2.05) is 31.2 Å². The molecular weight excluding hydrogens is 280 g/mol. The van der Waals surface area contributed by atoms with Crippen molar-refractivity contribution in [3.8, 4) is 5.75 Å². The molecule has 0 radical (unpaired) electrons. The SMILES string of the molecule is CCOc1ccccc1NC(=O)NCC1CN2CCN1CC2. The van der Waals surface area contributed by atoms with Crippen LogP contribution in [0.3, 0.4) is 0 Å². The van der Waals surface area contributed by atoms with Gasteiger partial charge in [-0.05, 0) is 19.1 Å². The lowest BCUT2D eigenvalue weighted by Gasteiger charge is -2.47. The molecule has 4 rings (SSSR count). The van der Waals surface area contributed by atoms with Crippen molar-refractivity contribution in [2.75, 3.05) is 51.2 Å². The highest BCUT2D eigenvalue weighted by Gasteiger charge is 2.31. The highest BCUT2D eigenvalue weighted by Crippen LogP contribution is 2.23. The number of amides is 2.